The van der Waals surface area contributed by atoms with Gasteiger partial charge in [0.05, 0.1) is 16.4 Å². The Morgan fingerprint density at radius 1 is 1.25 bits per heavy atom. The number of nitrogens with zero attached hydrogens (tertiary/aromatic N) is 2. The van der Waals surface area contributed by atoms with E-state index in [1.165, 1.54) is 0 Å². The third-order valence-electron chi connectivity index (χ3n) is 3.16. The third kappa shape index (κ3) is 3.74. The highest BCUT2D eigenvalue weighted by Gasteiger charge is 2.14. The Hall–Kier alpha value is -1.06. The standard InChI is InChI=1S/C16H23ClN2O/c1-12(2)11-20-10-6-9-19-15-8-5-4-7-14(15)18-16(19)13(3)17/h4-5,7-8,12-13H,6,9-11H2,1-3H3. The first kappa shape index (κ1) is 15.3. The monoisotopic (exact) mass is 294 g/mol. The molecule has 0 saturated carbocycles. The zero-order valence-electron chi connectivity index (χ0n) is 12.5. The van der Waals surface area contributed by atoms with Crippen LogP contribution in [0.15, 0.2) is 24.3 Å². The van der Waals surface area contributed by atoms with Crippen LogP contribution < -0.4 is 0 Å². The summed E-state index contributed by atoms with van der Waals surface area (Å²) in [5, 5.41) is -0.0843. The highest BCUT2D eigenvalue weighted by molar-refractivity contribution is 6.20. The molecule has 0 fully saturated rings. The molecule has 0 aliphatic heterocycles. The van der Waals surface area contributed by atoms with Gasteiger partial charge in [0.15, 0.2) is 0 Å². The Balaban J connectivity index is 2.06. The predicted molar refractivity (Wildman–Crippen MR) is 84.3 cm³/mol. The second-order valence-corrected chi connectivity index (χ2v) is 6.20. The molecular weight excluding hydrogens is 272 g/mol. The Morgan fingerprint density at radius 2 is 2.00 bits per heavy atom. The van der Waals surface area contributed by atoms with Crippen molar-refractivity contribution in [2.75, 3.05) is 13.2 Å². The second-order valence-electron chi connectivity index (χ2n) is 5.55. The van der Waals surface area contributed by atoms with Crippen LogP contribution in [-0.4, -0.2) is 22.8 Å². The minimum atomic E-state index is -0.0843. The molecule has 2 rings (SSSR count). The summed E-state index contributed by atoms with van der Waals surface area (Å²) < 4.78 is 7.85. The van der Waals surface area contributed by atoms with E-state index in [9.17, 15) is 0 Å². The molecule has 2 aromatic rings. The molecule has 0 spiro atoms. The summed E-state index contributed by atoms with van der Waals surface area (Å²) in [7, 11) is 0. The third-order valence-corrected chi connectivity index (χ3v) is 3.36. The summed E-state index contributed by atoms with van der Waals surface area (Å²) in [6, 6.07) is 8.18. The molecule has 1 heterocycles. The molecule has 3 nitrogen and oxygen atoms in total. The summed E-state index contributed by atoms with van der Waals surface area (Å²) in [5.74, 6) is 1.53. The van der Waals surface area contributed by atoms with Gasteiger partial charge >= 0.3 is 0 Å². The van der Waals surface area contributed by atoms with E-state index in [-0.39, 0.29) is 5.38 Å². The maximum absolute atomic E-state index is 6.25. The smallest absolute Gasteiger partial charge is 0.127 e. The van der Waals surface area contributed by atoms with Crippen LogP contribution in [0, 0.1) is 5.92 Å². The van der Waals surface area contributed by atoms with Crippen LogP contribution >= 0.6 is 11.6 Å². The molecule has 1 atom stereocenters. The molecule has 1 unspecified atom stereocenters. The van der Waals surface area contributed by atoms with Crippen molar-refractivity contribution in [1.82, 2.24) is 9.55 Å². The fourth-order valence-corrected chi connectivity index (χ4v) is 2.44. The molecular formula is C16H23ClN2O. The number of aromatic nitrogens is 2. The van der Waals surface area contributed by atoms with Gasteiger partial charge in [0.25, 0.3) is 0 Å². The SMILES string of the molecule is CC(C)COCCCn1c(C(C)Cl)nc2ccccc21. The summed E-state index contributed by atoms with van der Waals surface area (Å²) in [6.07, 6.45) is 0.976. The first-order chi connectivity index (χ1) is 9.59. The van der Waals surface area contributed by atoms with Gasteiger partial charge in [-0.05, 0) is 31.4 Å². The number of fused-ring (bicyclic) bond motifs is 1. The largest absolute Gasteiger partial charge is 0.381 e. The minimum absolute atomic E-state index is 0.0843. The normalized spacial score (nSPS) is 13.2. The van der Waals surface area contributed by atoms with Crippen molar-refractivity contribution in [3.63, 3.8) is 0 Å². The number of benzene rings is 1. The summed E-state index contributed by atoms with van der Waals surface area (Å²) >= 11 is 6.25. The van der Waals surface area contributed by atoms with Gasteiger partial charge in [-0.2, -0.15) is 0 Å². The molecule has 1 aromatic heterocycles. The van der Waals surface area contributed by atoms with Gasteiger partial charge in [-0.15, -0.1) is 11.6 Å². The van der Waals surface area contributed by atoms with Crippen molar-refractivity contribution < 1.29 is 4.74 Å². The van der Waals surface area contributed by atoms with E-state index in [0.29, 0.717) is 5.92 Å². The molecule has 0 N–H and O–H groups in total. The average molecular weight is 295 g/mol. The van der Waals surface area contributed by atoms with Crippen molar-refractivity contribution in [2.45, 2.75) is 39.1 Å². The molecule has 0 radical (unpaired) electrons. The second kappa shape index (κ2) is 7.09. The quantitative estimate of drug-likeness (QED) is 0.559. The molecule has 20 heavy (non-hydrogen) atoms. The van der Waals surface area contributed by atoms with Crippen molar-refractivity contribution in [3.05, 3.63) is 30.1 Å². The van der Waals surface area contributed by atoms with Crippen molar-refractivity contribution >= 4 is 22.6 Å². The van der Waals surface area contributed by atoms with Gasteiger partial charge < -0.3 is 9.30 Å². The highest BCUT2D eigenvalue weighted by Crippen LogP contribution is 2.24. The predicted octanol–water partition coefficient (Wildman–Crippen LogP) is 4.40. The van der Waals surface area contributed by atoms with Crippen LogP contribution in [0.4, 0.5) is 0 Å². The number of hydrogen-bond acceptors (Lipinski definition) is 2. The number of imidazole rings is 1. The van der Waals surface area contributed by atoms with Gasteiger partial charge in [-0.1, -0.05) is 26.0 Å². The Morgan fingerprint density at radius 3 is 2.70 bits per heavy atom. The molecule has 0 aliphatic rings. The number of ether oxygens (including phenoxy) is 1. The first-order valence-electron chi connectivity index (χ1n) is 7.26. The summed E-state index contributed by atoms with van der Waals surface area (Å²) in [6.45, 7) is 8.79. The van der Waals surface area contributed by atoms with Gasteiger partial charge in [-0.3, -0.25) is 0 Å². The van der Waals surface area contributed by atoms with Crippen LogP contribution in [0.2, 0.25) is 0 Å². The van der Waals surface area contributed by atoms with E-state index >= 15 is 0 Å². The van der Waals surface area contributed by atoms with E-state index in [1.54, 1.807) is 0 Å². The summed E-state index contributed by atoms with van der Waals surface area (Å²) in [4.78, 5) is 4.63. The molecule has 0 aliphatic carbocycles. The maximum atomic E-state index is 6.25. The van der Waals surface area contributed by atoms with Crippen LogP contribution in [-0.2, 0) is 11.3 Å². The molecule has 1 aromatic carbocycles. The number of rotatable bonds is 7. The van der Waals surface area contributed by atoms with E-state index in [4.69, 9.17) is 16.3 Å². The zero-order chi connectivity index (χ0) is 14.5. The van der Waals surface area contributed by atoms with Crippen LogP contribution in [0.1, 0.15) is 38.4 Å². The minimum Gasteiger partial charge on any atom is -0.381 e. The van der Waals surface area contributed by atoms with Crippen molar-refractivity contribution in [1.29, 1.82) is 0 Å². The number of aryl methyl sites for hydroxylation is 1. The lowest BCUT2D eigenvalue weighted by Gasteiger charge is -2.11. The highest BCUT2D eigenvalue weighted by atomic mass is 35.5. The van der Waals surface area contributed by atoms with Crippen molar-refractivity contribution in [2.24, 2.45) is 5.92 Å². The maximum Gasteiger partial charge on any atom is 0.127 e. The molecule has 4 heteroatoms. The molecule has 0 amide bonds. The lowest BCUT2D eigenvalue weighted by atomic mass is 10.2. The molecule has 0 bridgehead atoms. The van der Waals surface area contributed by atoms with E-state index in [1.807, 2.05) is 25.1 Å². The number of alkyl halides is 1. The fraction of sp³-hybridized carbons (Fsp3) is 0.562. The molecule has 110 valence electrons. The number of para-hydroxylation sites is 2. The number of hydrogen-bond donors (Lipinski definition) is 0. The van der Waals surface area contributed by atoms with Crippen LogP contribution in [0.3, 0.4) is 0 Å². The summed E-state index contributed by atoms with van der Waals surface area (Å²) in [5.41, 5.74) is 2.16. The van der Waals surface area contributed by atoms with Gasteiger partial charge in [-0.25, -0.2) is 4.98 Å². The van der Waals surface area contributed by atoms with Crippen LogP contribution in [0.5, 0.6) is 0 Å². The Bertz CT molecular complexity index is 548. The molecule has 0 saturated heterocycles. The lowest BCUT2D eigenvalue weighted by Crippen LogP contribution is -2.09. The van der Waals surface area contributed by atoms with Gasteiger partial charge in [0.1, 0.15) is 5.82 Å². The topological polar surface area (TPSA) is 27.1 Å². The van der Waals surface area contributed by atoms with E-state index in [2.05, 4.69) is 29.5 Å². The Labute approximate surface area is 125 Å². The van der Waals surface area contributed by atoms with Crippen molar-refractivity contribution in [3.8, 4) is 0 Å². The first-order valence-corrected chi connectivity index (χ1v) is 7.70. The van der Waals surface area contributed by atoms with Gasteiger partial charge in [0.2, 0.25) is 0 Å². The Kier molecular flexibility index (Phi) is 5.44. The average Bonchev–Trinajstić information content (AvgIpc) is 2.77. The zero-order valence-corrected chi connectivity index (χ0v) is 13.2. The van der Waals surface area contributed by atoms with Crippen LogP contribution in [0.25, 0.3) is 11.0 Å². The fourth-order valence-electron chi connectivity index (χ4n) is 2.28. The lowest BCUT2D eigenvalue weighted by molar-refractivity contribution is 0.105. The van der Waals surface area contributed by atoms with E-state index in [0.717, 1.165) is 43.0 Å². The van der Waals surface area contributed by atoms with E-state index < -0.39 is 0 Å². The van der Waals surface area contributed by atoms with Gasteiger partial charge in [0, 0.05) is 19.8 Å². The number of halogens is 1.